The van der Waals surface area contributed by atoms with Gasteiger partial charge in [0, 0.05) is 6.42 Å². The molecular weight excluding hydrogens is 487 g/mol. The average molecular weight is 522 g/mol. The highest BCUT2D eigenvalue weighted by Crippen LogP contribution is 2.37. The lowest BCUT2D eigenvalue weighted by atomic mass is 10.1. The van der Waals surface area contributed by atoms with Crippen molar-refractivity contribution in [3.63, 3.8) is 0 Å². The van der Waals surface area contributed by atoms with Crippen molar-refractivity contribution in [2.45, 2.75) is 51.9 Å². The fourth-order valence-electron chi connectivity index (χ4n) is 3.81. The molecular formula is C30H34O6P+. The predicted molar refractivity (Wildman–Crippen MR) is 143 cm³/mol. The van der Waals surface area contributed by atoms with Crippen LogP contribution < -0.4 is 0 Å². The van der Waals surface area contributed by atoms with Crippen LogP contribution in [0.1, 0.15) is 55.4 Å². The number of benzene rings is 3. The number of hydrogen-bond donors (Lipinski definition) is 0. The smallest absolute Gasteiger partial charge is 0.461 e. The van der Waals surface area contributed by atoms with Gasteiger partial charge in [-0.25, -0.2) is 0 Å². The van der Waals surface area contributed by atoms with Gasteiger partial charge in [-0.2, -0.15) is 0 Å². The summed E-state index contributed by atoms with van der Waals surface area (Å²) in [5.41, 5.74) is 2.68. The molecule has 0 saturated carbocycles. The van der Waals surface area contributed by atoms with Gasteiger partial charge in [-0.3, -0.25) is 9.59 Å². The maximum atomic E-state index is 13.0. The van der Waals surface area contributed by atoms with Gasteiger partial charge in [-0.05, 0) is 34.1 Å². The first-order valence-electron chi connectivity index (χ1n) is 12.6. The molecule has 0 aromatic heterocycles. The van der Waals surface area contributed by atoms with E-state index in [1.54, 1.807) is 0 Å². The molecule has 0 heterocycles. The molecule has 0 bridgehead atoms. The maximum absolute atomic E-state index is 13.0. The summed E-state index contributed by atoms with van der Waals surface area (Å²) in [5.74, 6) is -1.68. The summed E-state index contributed by atoms with van der Waals surface area (Å²) >= 11 is 0. The van der Waals surface area contributed by atoms with E-state index in [9.17, 15) is 14.2 Å². The molecule has 3 aromatic rings. The van der Waals surface area contributed by atoms with Crippen LogP contribution in [0.3, 0.4) is 0 Å². The second-order valence-corrected chi connectivity index (χ2v) is 10.0. The van der Waals surface area contributed by atoms with E-state index in [4.69, 9.17) is 14.0 Å². The Morgan fingerprint density at radius 1 is 0.757 bits per heavy atom. The van der Waals surface area contributed by atoms with E-state index in [1.807, 2.05) is 97.9 Å². The van der Waals surface area contributed by atoms with Gasteiger partial charge in [-0.1, -0.05) is 104 Å². The Kier molecular flexibility index (Phi) is 12.0. The molecule has 0 saturated heterocycles. The molecule has 194 valence electrons. The lowest BCUT2D eigenvalue weighted by Gasteiger charge is -2.14. The molecule has 3 atom stereocenters. The first-order chi connectivity index (χ1) is 18.0. The number of hydrogen-bond acceptors (Lipinski definition) is 6. The minimum absolute atomic E-state index is 0.0121. The van der Waals surface area contributed by atoms with E-state index in [1.165, 1.54) is 0 Å². The molecule has 2 unspecified atom stereocenters. The van der Waals surface area contributed by atoms with Gasteiger partial charge in [0.25, 0.3) is 0 Å². The number of carbonyl (C=O) groups excluding carboxylic acids is 2. The third-order valence-corrected chi connectivity index (χ3v) is 7.06. The van der Waals surface area contributed by atoms with Gasteiger partial charge >= 0.3 is 20.0 Å². The normalized spacial score (nSPS) is 12.8. The Bertz CT molecular complexity index is 1100. The summed E-state index contributed by atoms with van der Waals surface area (Å²) in [4.78, 5) is 25.3. The van der Waals surface area contributed by atoms with Gasteiger partial charge in [0.15, 0.2) is 6.16 Å². The van der Waals surface area contributed by atoms with Crippen LogP contribution >= 0.6 is 8.03 Å². The number of rotatable bonds is 15. The van der Waals surface area contributed by atoms with Crippen LogP contribution in [0.15, 0.2) is 91.0 Å². The van der Waals surface area contributed by atoms with Crippen molar-refractivity contribution in [3.05, 3.63) is 108 Å². The Hall–Kier alpha value is -3.34. The summed E-state index contributed by atoms with van der Waals surface area (Å²) in [6.45, 7) is 2.31. The highest BCUT2D eigenvalue weighted by Gasteiger charge is 2.35. The zero-order valence-corrected chi connectivity index (χ0v) is 22.1. The van der Waals surface area contributed by atoms with E-state index >= 15 is 0 Å². The summed E-state index contributed by atoms with van der Waals surface area (Å²) < 4.78 is 29.8. The third kappa shape index (κ3) is 10.3. The molecule has 7 heteroatoms. The molecule has 37 heavy (non-hydrogen) atoms. The topological polar surface area (TPSA) is 78.9 Å². The van der Waals surface area contributed by atoms with Gasteiger partial charge in [0.05, 0.1) is 0 Å². The largest absolute Gasteiger partial charge is 0.509 e. The molecule has 0 spiro atoms. The molecule has 0 aliphatic rings. The quantitative estimate of drug-likeness (QED) is 0.156. The molecule has 3 rings (SSSR count). The molecule has 0 radical (unpaired) electrons. The van der Waals surface area contributed by atoms with E-state index in [-0.39, 0.29) is 38.3 Å². The summed E-state index contributed by atoms with van der Waals surface area (Å²) in [5, 5.41) is 0. The van der Waals surface area contributed by atoms with Gasteiger partial charge in [0.2, 0.25) is 0 Å². The van der Waals surface area contributed by atoms with Crippen LogP contribution in [-0.4, -0.2) is 18.1 Å². The number of ether oxygens (including phenoxy) is 2. The van der Waals surface area contributed by atoms with Crippen molar-refractivity contribution in [2.24, 2.45) is 5.92 Å². The van der Waals surface area contributed by atoms with Crippen molar-refractivity contribution in [3.8, 4) is 0 Å². The Morgan fingerprint density at radius 3 is 1.86 bits per heavy atom. The van der Waals surface area contributed by atoms with Crippen LogP contribution in [0.2, 0.25) is 0 Å². The second kappa shape index (κ2) is 15.7. The monoisotopic (exact) mass is 521 g/mol. The average Bonchev–Trinajstić information content (AvgIpc) is 2.94. The molecule has 3 aromatic carbocycles. The lowest BCUT2D eigenvalue weighted by molar-refractivity contribution is -0.150. The predicted octanol–water partition coefficient (Wildman–Crippen LogP) is 7.17. The first kappa shape index (κ1) is 28.2. The Morgan fingerprint density at radius 2 is 1.30 bits per heavy atom. The van der Waals surface area contributed by atoms with Crippen LogP contribution in [0.4, 0.5) is 0 Å². The fourth-order valence-corrected chi connectivity index (χ4v) is 5.10. The lowest BCUT2D eigenvalue weighted by Crippen LogP contribution is -2.22. The van der Waals surface area contributed by atoms with Crippen molar-refractivity contribution in [1.29, 1.82) is 0 Å². The van der Waals surface area contributed by atoms with Crippen LogP contribution in [0, 0.1) is 5.92 Å². The summed E-state index contributed by atoms with van der Waals surface area (Å²) in [7, 11) is -2.17. The minimum Gasteiger partial charge on any atom is -0.461 e. The number of carbonyl (C=O) groups is 2. The molecule has 6 nitrogen and oxygen atoms in total. The number of esters is 2. The zero-order chi connectivity index (χ0) is 26.3. The molecule has 0 aliphatic heterocycles. The summed E-state index contributed by atoms with van der Waals surface area (Å²) in [6, 6.07) is 28.4. The Labute approximate surface area is 219 Å². The van der Waals surface area contributed by atoms with Gasteiger partial charge in [-0.15, -0.1) is 4.52 Å². The van der Waals surface area contributed by atoms with Crippen LogP contribution in [-0.2, 0) is 41.4 Å². The minimum atomic E-state index is -2.17. The van der Waals surface area contributed by atoms with E-state index in [0.29, 0.717) is 6.42 Å². The highest BCUT2D eigenvalue weighted by molar-refractivity contribution is 7.39. The van der Waals surface area contributed by atoms with Crippen LogP contribution in [0.25, 0.3) is 0 Å². The molecule has 0 fully saturated rings. The third-order valence-electron chi connectivity index (χ3n) is 5.83. The highest BCUT2D eigenvalue weighted by atomic mass is 31.1. The Balaban J connectivity index is 1.60. The van der Waals surface area contributed by atoms with Gasteiger partial charge in [0.1, 0.15) is 25.2 Å². The maximum Gasteiger partial charge on any atom is 0.509 e. The first-order valence-corrected chi connectivity index (χ1v) is 14.0. The summed E-state index contributed by atoms with van der Waals surface area (Å²) in [6.07, 6.45) is 1.39. The fraction of sp³-hybridized carbons (Fsp3) is 0.333. The van der Waals surface area contributed by atoms with E-state index in [0.717, 1.165) is 23.1 Å². The SMILES string of the molecule is CCC[C@H](O[P+](=O)CC(CCC(=O)OCc1ccccc1)C(=O)OCc1ccccc1)c1ccccc1. The molecule has 0 amide bonds. The van der Waals surface area contributed by atoms with E-state index < -0.39 is 25.9 Å². The van der Waals surface area contributed by atoms with Crippen molar-refractivity contribution < 1.29 is 28.2 Å². The second-order valence-electron chi connectivity index (χ2n) is 8.78. The van der Waals surface area contributed by atoms with Crippen molar-refractivity contribution >= 4 is 20.0 Å². The van der Waals surface area contributed by atoms with Crippen LogP contribution in [0.5, 0.6) is 0 Å². The van der Waals surface area contributed by atoms with E-state index in [2.05, 4.69) is 0 Å². The van der Waals surface area contributed by atoms with Gasteiger partial charge < -0.3 is 9.47 Å². The molecule has 0 N–H and O–H groups in total. The molecule has 0 aliphatic carbocycles. The standard InChI is InChI=1S/C30H34O6P/c1-2-12-28(26-17-10-5-11-18-26)36-37(33)23-27(30(32)35-22-25-15-8-4-9-16-25)19-20-29(31)34-21-24-13-6-3-7-14-24/h3-11,13-18,27-28H,2,12,19-23H2,1H3/q+1/t27?,28-/m0/s1. The zero-order valence-electron chi connectivity index (χ0n) is 21.2. The van der Waals surface area contributed by atoms with Crippen molar-refractivity contribution in [1.82, 2.24) is 0 Å². The van der Waals surface area contributed by atoms with Crippen molar-refractivity contribution in [2.75, 3.05) is 6.16 Å².